The number of carbonyl (C=O) groups is 4. The van der Waals surface area contributed by atoms with Gasteiger partial charge in [0.05, 0.1) is 0 Å². The highest BCUT2D eigenvalue weighted by molar-refractivity contribution is 5.98. The van der Waals surface area contributed by atoms with Gasteiger partial charge >= 0.3 is 6.09 Å². The number of likely N-dealkylation sites (tertiary alicyclic amines) is 1. The van der Waals surface area contributed by atoms with Crippen molar-refractivity contribution in [2.24, 2.45) is 11.8 Å². The Labute approximate surface area is 327 Å². The Morgan fingerprint density at radius 3 is 2.11 bits per heavy atom. The van der Waals surface area contributed by atoms with Crippen molar-refractivity contribution in [3.05, 3.63) is 83.9 Å². The van der Waals surface area contributed by atoms with Gasteiger partial charge in [-0.25, -0.2) is 4.79 Å². The minimum atomic E-state index is -0.833. The van der Waals surface area contributed by atoms with Gasteiger partial charge in [-0.1, -0.05) is 36.4 Å². The fourth-order valence-corrected chi connectivity index (χ4v) is 7.20. The predicted octanol–water partition coefficient (Wildman–Crippen LogP) is 5.36. The van der Waals surface area contributed by atoms with Crippen molar-refractivity contribution in [2.75, 3.05) is 38.0 Å². The van der Waals surface area contributed by atoms with Gasteiger partial charge < -0.3 is 30.9 Å². The lowest BCUT2D eigenvalue weighted by Gasteiger charge is -2.29. The largest absolute Gasteiger partial charge is 0.444 e. The molecule has 3 aromatic carbocycles. The van der Waals surface area contributed by atoms with E-state index in [0.29, 0.717) is 43.0 Å². The number of hydrogen-bond donors (Lipinski definition) is 5. The number of hydrogen-bond acceptors (Lipinski definition) is 9. The lowest BCUT2D eigenvalue weighted by molar-refractivity contribution is -0.130. The molecule has 1 aliphatic carbocycles. The van der Waals surface area contributed by atoms with Gasteiger partial charge in [0.25, 0.3) is 5.91 Å². The first-order valence-corrected chi connectivity index (χ1v) is 19.6. The van der Waals surface area contributed by atoms with Crippen LogP contribution in [0.1, 0.15) is 75.2 Å². The highest BCUT2D eigenvalue weighted by atomic mass is 16.6. The SMILES string of the molecule is CC(C)(C)OC(=O)NCC1CCC(C(=O)NC(Cc2ccc(-c3ccc(C(=O)NCCN4CCCC4)cc3)cc2)C(=O)Nc2ccc(-c3nn[nH]n3)cc2)CC1. The van der Waals surface area contributed by atoms with Crippen LogP contribution in [0.15, 0.2) is 72.8 Å². The van der Waals surface area contributed by atoms with Crippen molar-refractivity contribution in [2.45, 2.75) is 77.4 Å². The number of ether oxygens (including phenoxy) is 1. The van der Waals surface area contributed by atoms with Crippen molar-refractivity contribution in [1.29, 1.82) is 0 Å². The Bertz CT molecular complexity index is 1900. The van der Waals surface area contributed by atoms with Crippen LogP contribution in [-0.4, -0.2) is 93.7 Å². The number of aromatic amines is 1. The number of alkyl carbamates (subject to hydrolysis) is 1. The number of benzene rings is 3. The summed E-state index contributed by atoms with van der Waals surface area (Å²) in [5, 5.41) is 25.9. The number of nitrogens with one attached hydrogen (secondary N) is 5. The maximum atomic E-state index is 13.8. The molecule has 1 atom stereocenters. The first-order chi connectivity index (χ1) is 27.0. The summed E-state index contributed by atoms with van der Waals surface area (Å²) in [4.78, 5) is 54.7. The van der Waals surface area contributed by atoms with Crippen molar-refractivity contribution >= 4 is 29.5 Å². The van der Waals surface area contributed by atoms with Crippen LogP contribution in [0, 0.1) is 11.8 Å². The Balaban J connectivity index is 1.06. The minimum Gasteiger partial charge on any atom is -0.444 e. The number of anilines is 1. The van der Waals surface area contributed by atoms with E-state index in [1.807, 2.05) is 69.3 Å². The molecule has 56 heavy (non-hydrogen) atoms. The summed E-state index contributed by atoms with van der Waals surface area (Å²) < 4.78 is 5.36. The average molecular weight is 764 g/mol. The fraction of sp³-hybridized carbons (Fsp3) is 0.452. The van der Waals surface area contributed by atoms with E-state index in [2.05, 4.69) is 46.8 Å². The monoisotopic (exact) mass is 763 g/mol. The quantitative estimate of drug-likeness (QED) is 0.113. The number of carbonyl (C=O) groups excluding carboxylic acids is 4. The van der Waals surface area contributed by atoms with E-state index < -0.39 is 17.7 Å². The first-order valence-electron chi connectivity index (χ1n) is 19.6. The zero-order chi connectivity index (χ0) is 39.5. The van der Waals surface area contributed by atoms with Gasteiger partial charge in [-0.15, -0.1) is 10.2 Å². The van der Waals surface area contributed by atoms with Gasteiger partial charge in [0, 0.05) is 48.8 Å². The molecule has 1 unspecified atom stereocenters. The smallest absolute Gasteiger partial charge is 0.407 e. The van der Waals surface area contributed by atoms with Crippen LogP contribution >= 0.6 is 0 Å². The maximum Gasteiger partial charge on any atom is 0.407 e. The fourth-order valence-electron chi connectivity index (χ4n) is 7.20. The van der Waals surface area contributed by atoms with Crippen LogP contribution in [0.5, 0.6) is 0 Å². The number of tetrazole rings is 1. The number of aromatic nitrogens is 4. The zero-order valence-corrected chi connectivity index (χ0v) is 32.5. The number of rotatable bonds is 14. The zero-order valence-electron chi connectivity index (χ0n) is 32.5. The summed E-state index contributed by atoms with van der Waals surface area (Å²) in [6.45, 7) is 9.68. The Morgan fingerprint density at radius 1 is 0.839 bits per heavy atom. The van der Waals surface area contributed by atoms with E-state index in [1.165, 1.54) is 12.8 Å². The second-order valence-electron chi connectivity index (χ2n) is 15.7. The van der Waals surface area contributed by atoms with E-state index in [4.69, 9.17) is 4.74 Å². The summed E-state index contributed by atoms with van der Waals surface area (Å²) in [5.74, 6) is -0.125. The van der Waals surface area contributed by atoms with E-state index in [-0.39, 0.29) is 36.0 Å². The molecule has 2 heterocycles. The lowest BCUT2D eigenvalue weighted by atomic mass is 9.81. The van der Waals surface area contributed by atoms with Crippen LogP contribution in [0.3, 0.4) is 0 Å². The molecular formula is C42H53N9O5. The molecule has 2 aliphatic rings. The topological polar surface area (TPSA) is 183 Å². The van der Waals surface area contributed by atoms with Gasteiger partial charge in [0.1, 0.15) is 11.6 Å². The molecule has 1 aromatic heterocycles. The third-order valence-corrected chi connectivity index (χ3v) is 10.3. The van der Waals surface area contributed by atoms with Crippen molar-refractivity contribution in [3.8, 4) is 22.5 Å². The highest BCUT2D eigenvalue weighted by Gasteiger charge is 2.30. The molecule has 5 N–H and O–H groups in total. The van der Waals surface area contributed by atoms with Crippen molar-refractivity contribution in [1.82, 2.24) is 41.5 Å². The Hall–Kier alpha value is -5.63. The van der Waals surface area contributed by atoms with Gasteiger partial charge in [-0.3, -0.25) is 14.4 Å². The minimum absolute atomic E-state index is 0.0800. The van der Waals surface area contributed by atoms with E-state index >= 15 is 0 Å². The van der Waals surface area contributed by atoms with Gasteiger partial charge in [-0.2, -0.15) is 5.21 Å². The molecule has 1 saturated heterocycles. The first kappa shape index (κ1) is 40.0. The van der Waals surface area contributed by atoms with Crippen LogP contribution in [0.4, 0.5) is 10.5 Å². The van der Waals surface area contributed by atoms with Crippen molar-refractivity contribution < 1.29 is 23.9 Å². The molecule has 0 spiro atoms. The van der Waals surface area contributed by atoms with E-state index in [0.717, 1.165) is 54.7 Å². The molecule has 2 fully saturated rings. The van der Waals surface area contributed by atoms with Crippen LogP contribution in [0.25, 0.3) is 22.5 Å². The highest BCUT2D eigenvalue weighted by Crippen LogP contribution is 2.29. The van der Waals surface area contributed by atoms with Crippen LogP contribution in [0.2, 0.25) is 0 Å². The average Bonchev–Trinajstić information content (AvgIpc) is 3.93. The van der Waals surface area contributed by atoms with Crippen LogP contribution in [-0.2, 0) is 20.7 Å². The summed E-state index contributed by atoms with van der Waals surface area (Å²) >= 11 is 0. The third-order valence-electron chi connectivity index (χ3n) is 10.3. The maximum absolute atomic E-state index is 13.8. The molecule has 1 saturated carbocycles. The van der Waals surface area contributed by atoms with E-state index in [9.17, 15) is 19.2 Å². The van der Waals surface area contributed by atoms with Crippen molar-refractivity contribution in [3.63, 3.8) is 0 Å². The Kier molecular flexibility index (Phi) is 13.4. The summed E-state index contributed by atoms with van der Waals surface area (Å²) in [6.07, 6.45) is 5.17. The van der Waals surface area contributed by atoms with Gasteiger partial charge in [0.2, 0.25) is 17.6 Å². The molecule has 14 heteroatoms. The number of amides is 4. The summed E-state index contributed by atoms with van der Waals surface area (Å²) in [6, 6.07) is 21.7. The van der Waals surface area contributed by atoms with Gasteiger partial charge in [-0.05, 0) is 137 Å². The predicted molar refractivity (Wildman–Crippen MR) is 213 cm³/mol. The molecule has 4 amide bonds. The molecule has 0 bridgehead atoms. The normalized spacial score (nSPS) is 17.8. The molecule has 1 aliphatic heterocycles. The standard InChI is InChI=1S/C42H53N9O5/c1-42(2,3)56-41(55)44-27-29-8-12-34(13-9-29)39(53)46-36(40(54)45-35-20-18-32(19-21-35)37-47-49-50-48-37)26-28-6-10-30(11-7-28)31-14-16-33(17-15-31)38(52)43-22-25-51-23-4-5-24-51/h6-7,10-11,14-21,29,34,36H,4-5,8-9,12-13,22-27H2,1-3H3,(H,43,52)(H,44,55)(H,45,54)(H,46,53)(H,47,48,49,50). The number of nitrogens with zero attached hydrogens (tertiary/aromatic N) is 4. The molecular weight excluding hydrogens is 711 g/mol. The molecule has 0 radical (unpaired) electrons. The molecule has 4 aromatic rings. The summed E-state index contributed by atoms with van der Waals surface area (Å²) in [5.41, 5.74) is 4.18. The Morgan fingerprint density at radius 2 is 1.48 bits per heavy atom. The van der Waals surface area contributed by atoms with Crippen LogP contribution < -0.4 is 21.3 Å². The second kappa shape index (κ2) is 18.8. The molecule has 14 nitrogen and oxygen atoms in total. The number of H-pyrrole nitrogens is 1. The van der Waals surface area contributed by atoms with Gasteiger partial charge in [0.15, 0.2) is 0 Å². The summed E-state index contributed by atoms with van der Waals surface area (Å²) in [7, 11) is 0. The molecule has 296 valence electrons. The lowest BCUT2D eigenvalue weighted by Crippen LogP contribution is -2.48. The third kappa shape index (κ3) is 11.7. The van der Waals surface area contributed by atoms with E-state index in [1.54, 1.807) is 24.3 Å². The molecule has 6 rings (SSSR count). The second-order valence-corrected chi connectivity index (χ2v) is 15.7.